The van der Waals surface area contributed by atoms with E-state index < -0.39 is 0 Å². The summed E-state index contributed by atoms with van der Waals surface area (Å²) in [5.41, 5.74) is 0. The van der Waals surface area contributed by atoms with Crippen LogP contribution in [0.2, 0.25) is 0 Å². The van der Waals surface area contributed by atoms with Gasteiger partial charge in [-0.3, -0.25) is 9.59 Å². The van der Waals surface area contributed by atoms with Gasteiger partial charge in [0, 0.05) is 12.6 Å². The molecule has 0 aliphatic rings. The molecule has 0 aliphatic heterocycles. The molecule has 0 radical (unpaired) electrons. The van der Waals surface area contributed by atoms with Crippen LogP contribution in [0.1, 0.15) is 27.2 Å². The summed E-state index contributed by atoms with van der Waals surface area (Å²) in [6.45, 7) is 5.32. The first-order chi connectivity index (χ1) is 5.99. The van der Waals surface area contributed by atoms with Crippen molar-refractivity contribution in [3.05, 3.63) is 0 Å². The van der Waals surface area contributed by atoms with Crippen LogP contribution in [0.5, 0.6) is 0 Å². The minimum Gasteiger partial charge on any atom is -0.395 e. The molecule has 1 amide bonds. The fourth-order valence-corrected chi connectivity index (χ4v) is 1.09. The van der Waals surface area contributed by atoms with Gasteiger partial charge < -0.3 is 10.0 Å². The molecule has 13 heavy (non-hydrogen) atoms. The van der Waals surface area contributed by atoms with Crippen molar-refractivity contribution in [2.45, 2.75) is 33.2 Å². The molecule has 0 aromatic rings. The van der Waals surface area contributed by atoms with Crippen molar-refractivity contribution in [1.82, 2.24) is 4.90 Å². The van der Waals surface area contributed by atoms with Gasteiger partial charge in [-0.25, -0.2) is 0 Å². The van der Waals surface area contributed by atoms with Gasteiger partial charge in [-0.2, -0.15) is 0 Å². The Balaban J connectivity index is 4.19. The number of hydrogen-bond acceptors (Lipinski definition) is 3. The Bertz CT molecular complexity index is 189. The van der Waals surface area contributed by atoms with Crippen LogP contribution in [-0.2, 0) is 9.59 Å². The highest BCUT2D eigenvalue weighted by molar-refractivity contribution is 5.96. The highest BCUT2D eigenvalue weighted by Gasteiger charge is 2.17. The third-order valence-electron chi connectivity index (χ3n) is 1.68. The summed E-state index contributed by atoms with van der Waals surface area (Å²) < 4.78 is 0. The quantitative estimate of drug-likeness (QED) is 0.625. The maximum atomic E-state index is 11.4. The summed E-state index contributed by atoms with van der Waals surface area (Å²) in [7, 11) is 0. The van der Waals surface area contributed by atoms with Gasteiger partial charge in [0.1, 0.15) is 5.78 Å². The Morgan fingerprint density at radius 3 is 2.23 bits per heavy atom. The molecule has 0 saturated carbocycles. The zero-order chi connectivity index (χ0) is 10.4. The number of hydrogen-bond donors (Lipinski definition) is 1. The number of carbonyl (C=O) groups is 2. The lowest BCUT2D eigenvalue weighted by Crippen LogP contribution is -2.39. The Morgan fingerprint density at radius 1 is 1.38 bits per heavy atom. The van der Waals surface area contributed by atoms with Crippen LogP contribution in [0.15, 0.2) is 0 Å². The lowest BCUT2D eigenvalue weighted by Gasteiger charge is -2.25. The summed E-state index contributed by atoms with van der Waals surface area (Å²) in [5, 5.41) is 8.69. The molecular formula is C9H17NO3. The van der Waals surface area contributed by atoms with Gasteiger partial charge in [0.2, 0.25) is 5.91 Å². The first-order valence-corrected chi connectivity index (χ1v) is 4.38. The predicted molar refractivity (Wildman–Crippen MR) is 49.2 cm³/mol. The SMILES string of the molecule is CC(=O)CC(=O)N(CCO)C(C)C. The topological polar surface area (TPSA) is 57.6 Å². The van der Waals surface area contributed by atoms with Gasteiger partial charge >= 0.3 is 0 Å². The van der Waals surface area contributed by atoms with E-state index >= 15 is 0 Å². The second kappa shape index (κ2) is 5.70. The number of amides is 1. The van der Waals surface area contributed by atoms with E-state index in [-0.39, 0.29) is 30.8 Å². The molecule has 0 aromatic carbocycles. The number of aliphatic hydroxyl groups excluding tert-OH is 1. The van der Waals surface area contributed by atoms with Crippen molar-refractivity contribution in [2.24, 2.45) is 0 Å². The highest BCUT2D eigenvalue weighted by Crippen LogP contribution is 2.01. The third-order valence-corrected chi connectivity index (χ3v) is 1.68. The van der Waals surface area contributed by atoms with E-state index in [2.05, 4.69) is 0 Å². The lowest BCUT2D eigenvalue weighted by atomic mass is 10.2. The zero-order valence-corrected chi connectivity index (χ0v) is 8.41. The molecule has 0 atom stereocenters. The van der Waals surface area contributed by atoms with Crippen LogP contribution in [0.25, 0.3) is 0 Å². The Morgan fingerprint density at radius 2 is 1.92 bits per heavy atom. The molecule has 0 rings (SSSR count). The van der Waals surface area contributed by atoms with E-state index in [0.717, 1.165) is 0 Å². The maximum Gasteiger partial charge on any atom is 0.230 e. The van der Waals surface area contributed by atoms with E-state index in [1.54, 1.807) is 0 Å². The van der Waals surface area contributed by atoms with Crippen LogP contribution < -0.4 is 0 Å². The standard InChI is InChI=1S/C9H17NO3/c1-7(2)10(4-5-11)9(13)6-8(3)12/h7,11H,4-6H2,1-3H3. The molecule has 0 aromatic heterocycles. The van der Waals surface area contributed by atoms with Gasteiger partial charge in [-0.15, -0.1) is 0 Å². The van der Waals surface area contributed by atoms with Gasteiger partial charge in [-0.05, 0) is 20.8 Å². The monoisotopic (exact) mass is 187 g/mol. The second-order valence-electron chi connectivity index (χ2n) is 3.28. The second-order valence-corrected chi connectivity index (χ2v) is 3.28. The van der Waals surface area contributed by atoms with Crippen molar-refractivity contribution >= 4 is 11.7 Å². The summed E-state index contributed by atoms with van der Waals surface area (Å²) in [4.78, 5) is 23.6. The fourth-order valence-electron chi connectivity index (χ4n) is 1.09. The first-order valence-electron chi connectivity index (χ1n) is 4.38. The van der Waals surface area contributed by atoms with E-state index in [4.69, 9.17) is 5.11 Å². The molecule has 0 spiro atoms. The molecule has 4 nitrogen and oxygen atoms in total. The molecule has 4 heteroatoms. The van der Waals surface area contributed by atoms with Crippen LogP contribution in [0.3, 0.4) is 0 Å². The predicted octanol–water partition coefficient (Wildman–Crippen LogP) is 0.195. The van der Waals surface area contributed by atoms with Crippen molar-refractivity contribution in [3.63, 3.8) is 0 Å². The Kier molecular flexibility index (Phi) is 5.30. The molecule has 0 unspecified atom stereocenters. The normalized spacial score (nSPS) is 10.2. The van der Waals surface area contributed by atoms with Crippen LogP contribution >= 0.6 is 0 Å². The highest BCUT2D eigenvalue weighted by atomic mass is 16.3. The van der Waals surface area contributed by atoms with Crippen LogP contribution in [0, 0.1) is 0 Å². The van der Waals surface area contributed by atoms with Crippen molar-refractivity contribution in [3.8, 4) is 0 Å². The zero-order valence-electron chi connectivity index (χ0n) is 8.41. The molecule has 0 heterocycles. The van der Waals surface area contributed by atoms with E-state index in [0.29, 0.717) is 6.54 Å². The van der Waals surface area contributed by atoms with Gasteiger partial charge in [-0.1, -0.05) is 0 Å². The Hall–Kier alpha value is -0.900. The van der Waals surface area contributed by atoms with Gasteiger partial charge in [0.25, 0.3) is 0 Å². The number of ketones is 1. The maximum absolute atomic E-state index is 11.4. The van der Waals surface area contributed by atoms with Crippen molar-refractivity contribution in [2.75, 3.05) is 13.2 Å². The molecule has 0 fully saturated rings. The molecule has 1 N–H and O–H groups in total. The first kappa shape index (κ1) is 12.1. The van der Waals surface area contributed by atoms with E-state index in [1.165, 1.54) is 11.8 Å². The summed E-state index contributed by atoms with van der Waals surface area (Å²) in [6, 6.07) is 0.0269. The number of Topliss-reactive ketones (excluding diaryl/α,β-unsaturated/α-hetero) is 1. The largest absolute Gasteiger partial charge is 0.395 e. The molecule has 0 aliphatic carbocycles. The number of rotatable bonds is 5. The average molecular weight is 187 g/mol. The summed E-state index contributed by atoms with van der Waals surface area (Å²) >= 11 is 0. The molecular weight excluding hydrogens is 170 g/mol. The molecule has 0 saturated heterocycles. The van der Waals surface area contributed by atoms with Crippen LogP contribution in [-0.4, -0.2) is 40.9 Å². The average Bonchev–Trinajstić information content (AvgIpc) is 1.97. The van der Waals surface area contributed by atoms with E-state index in [9.17, 15) is 9.59 Å². The van der Waals surface area contributed by atoms with Gasteiger partial charge in [0.05, 0.1) is 13.0 Å². The minimum atomic E-state index is -0.212. The molecule has 0 bridgehead atoms. The molecule has 76 valence electrons. The summed E-state index contributed by atoms with van der Waals surface area (Å²) in [6.07, 6.45) is -0.0713. The number of carbonyl (C=O) groups excluding carboxylic acids is 2. The van der Waals surface area contributed by atoms with Crippen molar-refractivity contribution < 1.29 is 14.7 Å². The fraction of sp³-hybridized carbons (Fsp3) is 0.778. The van der Waals surface area contributed by atoms with Crippen LogP contribution in [0.4, 0.5) is 0 Å². The minimum absolute atomic E-state index is 0.0269. The number of aliphatic hydroxyl groups is 1. The number of nitrogens with zero attached hydrogens (tertiary/aromatic N) is 1. The summed E-state index contributed by atoms with van der Waals surface area (Å²) in [5.74, 6) is -0.356. The van der Waals surface area contributed by atoms with Crippen molar-refractivity contribution in [1.29, 1.82) is 0 Å². The van der Waals surface area contributed by atoms with E-state index in [1.807, 2.05) is 13.8 Å². The lowest BCUT2D eigenvalue weighted by molar-refractivity contribution is -0.136. The smallest absolute Gasteiger partial charge is 0.230 e. The Labute approximate surface area is 78.5 Å². The third kappa shape index (κ3) is 4.62. The van der Waals surface area contributed by atoms with Gasteiger partial charge in [0.15, 0.2) is 0 Å².